The monoisotopic (exact) mass is 392 g/mol. The van der Waals surface area contributed by atoms with Crippen LogP contribution in [0.3, 0.4) is 0 Å². The van der Waals surface area contributed by atoms with Crippen molar-refractivity contribution >= 4 is 27.7 Å². The zero-order valence-corrected chi connectivity index (χ0v) is 14.6. The Morgan fingerprint density at radius 2 is 1.71 bits per heavy atom. The van der Waals surface area contributed by atoms with Gasteiger partial charge in [0.1, 0.15) is 12.4 Å². The van der Waals surface area contributed by atoms with E-state index in [1.54, 1.807) is 55.6 Å². The fraction of sp³-hybridized carbons (Fsp3) is 0.176. The third-order valence-electron chi connectivity index (χ3n) is 3.06. The van der Waals surface area contributed by atoms with Gasteiger partial charge in [0, 0.05) is 17.1 Å². The third-order valence-corrected chi connectivity index (χ3v) is 3.55. The second-order valence-electron chi connectivity index (χ2n) is 4.76. The minimum Gasteiger partial charge on any atom is -0.490 e. The van der Waals surface area contributed by atoms with E-state index in [9.17, 15) is 9.59 Å². The molecule has 0 saturated heterocycles. The highest BCUT2D eigenvalue weighted by atomic mass is 79.9. The Hall–Kier alpha value is -2.38. The molecule has 2 aromatic carbocycles. The molecule has 6 nitrogen and oxygen atoms in total. The number of ether oxygens (including phenoxy) is 2. The van der Waals surface area contributed by atoms with E-state index in [1.807, 2.05) is 0 Å². The van der Waals surface area contributed by atoms with Crippen LogP contribution in [0.4, 0.5) is 0 Å². The molecule has 2 aromatic rings. The molecule has 126 valence electrons. The minimum atomic E-state index is -0.479. The first-order valence-electron chi connectivity index (χ1n) is 7.19. The van der Waals surface area contributed by atoms with Crippen LogP contribution in [0, 0.1) is 0 Å². The van der Waals surface area contributed by atoms with E-state index in [1.165, 1.54) is 0 Å². The highest BCUT2D eigenvalue weighted by Gasteiger charge is 2.14. The highest BCUT2D eigenvalue weighted by Crippen LogP contribution is 2.23. The molecule has 0 bridgehead atoms. The summed E-state index contributed by atoms with van der Waals surface area (Å²) >= 11 is 3.32. The van der Waals surface area contributed by atoms with Crippen molar-refractivity contribution in [1.29, 1.82) is 0 Å². The van der Waals surface area contributed by atoms with Gasteiger partial charge in [0.25, 0.3) is 11.8 Å². The topological polar surface area (TPSA) is 76.7 Å². The predicted octanol–water partition coefficient (Wildman–Crippen LogP) is 2.55. The number of methoxy groups -OCH3 is 1. The molecule has 2 N–H and O–H groups in total. The van der Waals surface area contributed by atoms with Crippen molar-refractivity contribution in [1.82, 2.24) is 10.9 Å². The normalized spacial score (nSPS) is 10.1. The van der Waals surface area contributed by atoms with Gasteiger partial charge in [0.05, 0.1) is 12.2 Å². The Bertz CT molecular complexity index is 707. The van der Waals surface area contributed by atoms with Crippen molar-refractivity contribution < 1.29 is 19.1 Å². The summed E-state index contributed by atoms with van der Waals surface area (Å²) in [6, 6.07) is 13.7. The van der Waals surface area contributed by atoms with Crippen LogP contribution in [0.25, 0.3) is 0 Å². The van der Waals surface area contributed by atoms with Crippen molar-refractivity contribution in [2.24, 2.45) is 0 Å². The van der Waals surface area contributed by atoms with Gasteiger partial charge in [-0.05, 0) is 30.3 Å². The maximum Gasteiger partial charge on any atom is 0.273 e. The van der Waals surface area contributed by atoms with Gasteiger partial charge in [-0.15, -0.1) is 0 Å². The van der Waals surface area contributed by atoms with Gasteiger partial charge in [0.2, 0.25) is 0 Å². The molecule has 2 amide bonds. The van der Waals surface area contributed by atoms with Crippen LogP contribution in [0.5, 0.6) is 5.75 Å². The lowest BCUT2D eigenvalue weighted by molar-refractivity contribution is 0.0842. The molecule has 0 radical (unpaired) electrons. The van der Waals surface area contributed by atoms with Crippen LogP contribution in [0.1, 0.15) is 20.7 Å². The molecule has 0 aliphatic carbocycles. The van der Waals surface area contributed by atoms with Gasteiger partial charge in [0.15, 0.2) is 0 Å². The lowest BCUT2D eigenvalue weighted by atomic mass is 10.2. The molecule has 0 saturated carbocycles. The molecule has 0 spiro atoms. The lowest BCUT2D eigenvalue weighted by Gasteiger charge is -2.12. The largest absolute Gasteiger partial charge is 0.490 e. The van der Waals surface area contributed by atoms with Crippen LogP contribution in [-0.2, 0) is 4.74 Å². The summed E-state index contributed by atoms with van der Waals surface area (Å²) in [4.78, 5) is 24.3. The fourth-order valence-corrected chi connectivity index (χ4v) is 2.24. The maximum atomic E-state index is 12.3. The zero-order chi connectivity index (χ0) is 17.4. The number of hydrazine groups is 1. The predicted molar refractivity (Wildman–Crippen MR) is 92.9 cm³/mol. The quantitative estimate of drug-likeness (QED) is 0.584. The molecule has 0 unspecified atom stereocenters. The Balaban J connectivity index is 2.03. The molecule has 0 aliphatic heterocycles. The molecule has 0 atom stereocenters. The van der Waals surface area contributed by atoms with Gasteiger partial charge >= 0.3 is 0 Å². The molecule has 7 heteroatoms. The first-order valence-corrected chi connectivity index (χ1v) is 7.98. The van der Waals surface area contributed by atoms with E-state index >= 15 is 0 Å². The third kappa shape index (κ3) is 5.07. The van der Waals surface area contributed by atoms with Crippen molar-refractivity contribution in [3.8, 4) is 5.75 Å². The number of nitrogens with one attached hydrogen (secondary N) is 2. The SMILES string of the molecule is COCCOc1ccc(Br)cc1C(=O)NNC(=O)c1ccccc1. The number of hydrogen-bond acceptors (Lipinski definition) is 4. The molecular weight excluding hydrogens is 376 g/mol. The standard InChI is InChI=1S/C17H17BrN2O4/c1-23-9-10-24-15-8-7-13(18)11-14(15)17(22)20-19-16(21)12-5-3-2-4-6-12/h2-8,11H,9-10H2,1H3,(H,19,21)(H,20,22). The Morgan fingerprint density at radius 3 is 2.42 bits per heavy atom. The van der Waals surface area contributed by atoms with Gasteiger partial charge < -0.3 is 9.47 Å². The van der Waals surface area contributed by atoms with E-state index in [-0.39, 0.29) is 0 Å². The molecule has 0 fully saturated rings. The Labute approximate surface area is 148 Å². The van der Waals surface area contributed by atoms with Gasteiger partial charge in [-0.2, -0.15) is 0 Å². The van der Waals surface area contributed by atoms with E-state index < -0.39 is 11.8 Å². The van der Waals surface area contributed by atoms with Crippen molar-refractivity contribution in [3.63, 3.8) is 0 Å². The van der Waals surface area contributed by atoms with Crippen LogP contribution in [0.15, 0.2) is 53.0 Å². The van der Waals surface area contributed by atoms with Crippen molar-refractivity contribution in [3.05, 3.63) is 64.1 Å². The number of amides is 2. The molecular formula is C17H17BrN2O4. The summed E-state index contributed by atoms with van der Waals surface area (Å²) in [5.74, 6) is -0.476. The molecule has 2 rings (SSSR count). The molecule has 24 heavy (non-hydrogen) atoms. The van der Waals surface area contributed by atoms with Crippen LogP contribution in [0.2, 0.25) is 0 Å². The van der Waals surface area contributed by atoms with E-state index in [0.717, 1.165) is 4.47 Å². The summed E-state index contributed by atoms with van der Waals surface area (Å²) in [6.07, 6.45) is 0. The van der Waals surface area contributed by atoms with Crippen LogP contribution in [-0.4, -0.2) is 32.1 Å². The van der Waals surface area contributed by atoms with Crippen LogP contribution < -0.4 is 15.6 Å². The van der Waals surface area contributed by atoms with Gasteiger partial charge in [-0.25, -0.2) is 0 Å². The Morgan fingerprint density at radius 1 is 1.00 bits per heavy atom. The number of halogens is 1. The summed E-state index contributed by atoms with van der Waals surface area (Å²) in [7, 11) is 1.57. The average molecular weight is 393 g/mol. The van der Waals surface area contributed by atoms with Gasteiger partial charge in [-0.1, -0.05) is 34.1 Å². The lowest BCUT2D eigenvalue weighted by Crippen LogP contribution is -2.41. The molecule has 0 aromatic heterocycles. The number of hydrogen-bond donors (Lipinski definition) is 2. The Kier molecular flexibility index (Phi) is 6.77. The second-order valence-corrected chi connectivity index (χ2v) is 5.67. The summed E-state index contributed by atoms with van der Waals surface area (Å²) in [6.45, 7) is 0.719. The first kappa shape index (κ1) is 18.0. The van der Waals surface area contributed by atoms with E-state index in [2.05, 4.69) is 26.8 Å². The number of carbonyl (C=O) groups excluding carboxylic acids is 2. The first-order chi connectivity index (χ1) is 11.6. The fourth-order valence-electron chi connectivity index (χ4n) is 1.88. The van der Waals surface area contributed by atoms with E-state index in [4.69, 9.17) is 9.47 Å². The zero-order valence-electron chi connectivity index (χ0n) is 13.0. The minimum absolute atomic E-state index is 0.300. The molecule has 0 aliphatic rings. The van der Waals surface area contributed by atoms with E-state index in [0.29, 0.717) is 30.1 Å². The average Bonchev–Trinajstić information content (AvgIpc) is 2.61. The smallest absolute Gasteiger partial charge is 0.273 e. The number of benzene rings is 2. The summed E-state index contributed by atoms with van der Waals surface area (Å²) in [5, 5.41) is 0. The highest BCUT2D eigenvalue weighted by molar-refractivity contribution is 9.10. The van der Waals surface area contributed by atoms with Crippen molar-refractivity contribution in [2.45, 2.75) is 0 Å². The second kappa shape index (κ2) is 9.05. The maximum absolute atomic E-state index is 12.3. The van der Waals surface area contributed by atoms with Gasteiger partial charge in [-0.3, -0.25) is 20.4 Å². The number of rotatable bonds is 6. The van der Waals surface area contributed by atoms with Crippen LogP contribution >= 0.6 is 15.9 Å². The molecule has 0 heterocycles. The summed E-state index contributed by atoms with van der Waals surface area (Å²) < 4.78 is 11.2. The summed E-state index contributed by atoms with van der Waals surface area (Å²) in [5.41, 5.74) is 5.51. The van der Waals surface area contributed by atoms with Crippen molar-refractivity contribution in [2.75, 3.05) is 20.3 Å². The number of carbonyl (C=O) groups is 2.